The van der Waals surface area contributed by atoms with Crippen molar-refractivity contribution < 1.29 is 9.53 Å². The second-order valence-corrected chi connectivity index (χ2v) is 1.83. The summed E-state index contributed by atoms with van der Waals surface area (Å²) >= 11 is 0. The third kappa shape index (κ3) is 4.19. The summed E-state index contributed by atoms with van der Waals surface area (Å²) in [5.41, 5.74) is 0. The van der Waals surface area contributed by atoms with Gasteiger partial charge < -0.3 is 4.74 Å². The molecule has 1 aromatic carbocycles. The third-order valence-electron chi connectivity index (χ3n) is 0.949. The van der Waals surface area contributed by atoms with Gasteiger partial charge in [0.05, 0.1) is 0 Å². The zero-order chi connectivity index (χ0) is 7.40. The Morgan fingerprint density at radius 2 is 2.00 bits per heavy atom. The number of ether oxygens (including phenoxy) is 1. The topological polar surface area (TPSA) is 26.3 Å². The summed E-state index contributed by atoms with van der Waals surface area (Å²) in [5.74, 6) is 0.262. The molecule has 0 aromatic heterocycles. The fourth-order valence-corrected chi connectivity index (χ4v) is 0.606. The molecule has 0 atom stereocenters. The van der Waals surface area contributed by atoms with E-state index in [1.54, 1.807) is 24.3 Å². The predicted octanol–water partition coefficient (Wildman–Crippen LogP) is 0.764. The first-order valence-electron chi connectivity index (χ1n) is 2.93. The molecular formula is C8H8NaO2. The maximum absolute atomic E-state index is 10.4. The van der Waals surface area contributed by atoms with E-state index in [4.69, 9.17) is 4.74 Å². The van der Waals surface area contributed by atoms with Gasteiger partial charge >= 0.3 is 35.5 Å². The van der Waals surface area contributed by atoms with E-state index in [0.29, 0.717) is 5.75 Å². The monoisotopic (exact) mass is 159 g/mol. The summed E-state index contributed by atoms with van der Waals surface area (Å²) in [7, 11) is 0. The van der Waals surface area contributed by atoms with Gasteiger partial charge in [0.25, 0.3) is 0 Å². The summed E-state index contributed by atoms with van der Waals surface area (Å²) in [6.45, 7) is 1.37. The molecular weight excluding hydrogens is 151 g/mol. The van der Waals surface area contributed by atoms with Crippen LogP contribution in [0.2, 0.25) is 0 Å². The Kier molecular flexibility index (Phi) is 5.20. The van der Waals surface area contributed by atoms with Crippen LogP contribution in [0.5, 0.6) is 5.75 Å². The van der Waals surface area contributed by atoms with Crippen LogP contribution >= 0.6 is 0 Å². The Morgan fingerprint density at radius 1 is 1.45 bits per heavy atom. The molecule has 0 unspecified atom stereocenters. The zero-order valence-corrected chi connectivity index (χ0v) is 5.63. The van der Waals surface area contributed by atoms with E-state index < -0.39 is 0 Å². The van der Waals surface area contributed by atoms with Crippen LogP contribution in [-0.4, -0.2) is 35.5 Å². The molecule has 0 N–H and O–H groups in total. The average molecular weight is 159 g/mol. The van der Waals surface area contributed by atoms with E-state index in [9.17, 15) is 4.79 Å². The number of esters is 1. The summed E-state index contributed by atoms with van der Waals surface area (Å²) < 4.78 is 4.76. The Labute approximate surface area is 87.8 Å². The van der Waals surface area contributed by atoms with Crippen LogP contribution in [0, 0.1) is 6.07 Å². The van der Waals surface area contributed by atoms with E-state index in [2.05, 4.69) is 6.07 Å². The van der Waals surface area contributed by atoms with E-state index in [1.807, 2.05) is 0 Å². The summed E-state index contributed by atoms with van der Waals surface area (Å²) in [6.07, 6.45) is 0. The summed E-state index contributed by atoms with van der Waals surface area (Å²) in [4.78, 5) is 10.4. The zero-order valence-electron chi connectivity index (χ0n) is 5.63. The number of carbonyl (C=O) groups excluding carboxylic acids is 1. The van der Waals surface area contributed by atoms with Crippen LogP contribution in [0.15, 0.2) is 24.3 Å². The van der Waals surface area contributed by atoms with Crippen LogP contribution in [0.25, 0.3) is 0 Å². The molecule has 1 radical (unpaired) electrons. The second kappa shape index (κ2) is 5.35. The van der Waals surface area contributed by atoms with Gasteiger partial charge in [0, 0.05) is 6.92 Å². The van der Waals surface area contributed by atoms with Crippen LogP contribution in [-0.2, 0) is 4.79 Å². The third-order valence-corrected chi connectivity index (χ3v) is 0.949. The fraction of sp³-hybridized carbons (Fsp3) is 0.125. The first-order chi connectivity index (χ1) is 4.79. The summed E-state index contributed by atoms with van der Waals surface area (Å²) in [6, 6.07) is 9.56. The van der Waals surface area contributed by atoms with Crippen molar-refractivity contribution in [1.82, 2.24) is 0 Å². The van der Waals surface area contributed by atoms with Crippen molar-refractivity contribution in [2.45, 2.75) is 6.92 Å². The van der Waals surface area contributed by atoms with Crippen molar-refractivity contribution in [2.75, 3.05) is 0 Å². The molecule has 3 heteroatoms. The van der Waals surface area contributed by atoms with Gasteiger partial charge in [0.1, 0.15) is 5.75 Å². The quantitative estimate of drug-likeness (QED) is 0.343. The van der Waals surface area contributed by atoms with Crippen LogP contribution in [0.4, 0.5) is 0 Å². The Morgan fingerprint density at radius 3 is 2.45 bits per heavy atom. The molecule has 0 spiro atoms. The molecule has 0 amide bonds. The average Bonchev–Trinajstić information content (AvgIpc) is 1.88. The van der Waals surface area contributed by atoms with E-state index in [0.717, 1.165) is 0 Å². The molecule has 1 rings (SSSR count). The second-order valence-electron chi connectivity index (χ2n) is 1.83. The van der Waals surface area contributed by atoms with Crippen molar-refractivity contribution in [2.24, 2.45) is 0 Å². The van der Waals surface area contributed by atoms with Gasteiger partial charge in [-0.15, -0.1) is 0 Å². The molecule has 0 saturated carbocycles. The van der Waals surface area contributed by atoms with Crippen molar-refractivity contribution in [3.8, 4) is 5.75 Å². The summed E-state index contributed by atoms with van der Waals surface area (Å²) in [5, 5.41) is 0. The number of carbonyl (C=O) groups is 1. The van der Waals surface area contributed by atoms with Crippen molar-refractivity contribution in [3.05, 3.63) is 30.3 Å². The first-order valence-corrected chi connectivity index (χ1v) is 2.93. The molecule has 0 aliphatic rings. The number of rotatable bonds is 1. The SMILES string of the molecule is CC(=O)Oc1cc[c]cc1.[NaH]. The molecule has 53 valence electrons. The van der Waals surface area contributed by atoms with Crippen molar-refractivity contribution >= 4 is 35.5 Å². The molecule has 11 heavy (non-hydrogen) atoms. The van der Waals surface area contributed by atoms with E-state index in [1.165, 1.54) is 6.92 Å². The Hall–Kier alpha value is -0.310. The van der Waals surface area contributed by atoms with Gasteiger partial charge in [-0.25, -0.2) is 0 Å². The number of benzene rings is 1. The number of hydrogen-bond donors (Lipinski definition) is 0. The van der Waals surface area contributed by atoms with Crippen LogP contribution < -0.4 is 4.74 Å². The molecule has 0 aliphatic carbocycles. The van der Waals surface area contributed by atoms with Gasteiger partial charge in [-0.05, 0) is 18.2 Å². The molecule has 0 saturated heterocycles. The normalized spacial score (nSPS) is 8.09. The Balaban J connectivity index is 0.000001000. The van der Waals surface area contributed by atoms with E-state index >= 15 is 0 Å². The molecule has 0 fully saturated rings. The maximum atomic E-state index is 10.4. The molecule has 2 nitrogen and oxygen atoms in total. The van der Waals surface area contributed by atoms with Crippen LogP contribution in [0.3, 0.4) is 0 Å². The van der Waals surface area contributed by atoms with E-state index in [-0.39, 0.29) is 35.5 Å². The molecule has 0 heterocycles. The predicted molar refractivity (Wildman–Crippen MR) is 43.7 cm³/mol. The van der Waals surface area contributed by atoms with Crippen molar-refractivity contribution in [3.63, 3.8) is 0 Å². The fourth-order valence-electron chi connectivity index (χ4n) is 0.606. The van der Waals surface area contributed by atoms with Gasteiger partial charge in [-0.1, -0.05) is 12.1 Å². The van der Waals surface area contributed by atoms with Gasteiger partial charge in [-0.3, -0.25) is 4.79 Å². The van der Waals surface area contributed by atoms with Gasteiger partial charge in [0.2, 0.25) is 0 Å². The minimum atomic E-state index is -0.300. The molecule has 0 aliphatic heterocycles. The standard InChI is InChI=1S/C8H7O2.Na.H/c1-7(9)10-8-5-3-2-4-6-8;;/h3-6H,1H3;;. The van der Waals surface area contributed by atoms with Gasteiger partial charge in [-0.2, -0.15) is 0 Å². The minimum absolute atomic E-state index is 0. The molecule has 1 aromatic rings. The number of hydrogen-bond acceptors (Lipinski definition) is 2. The van der Waals surface area contributed by atoms with Crippen molar-refractivity contribution in [1.29, 1.82) is 0 Å². The first kappa shape index (κ1) is 10.7. The van der Waals surface area contributed by atoms with Crippen LogP contribution in [0.1, 0.15) is 6.92 Å². The van der Waals surface area contributed by atoms with Gasteiger partial charge in [0.15, 0.2) is 0 Å². The Bertz CT molecular complexity index is 221. The molecule has 0 bridgehead atoms.